The standard InChI is InChI=1S/C22H25N3O5/c1-4-14-6-8-17(29-14)18(26)24-13-5-7-16-15(9-13)22(12-28-19(23)25-22)21(10-27-11-21)20(2,3)30-16/h5-9H,4,10-12H2,1-3H3,(H2,23,25)(H,24,26). The van der Waals surface area contributed by atoms with Gasteiger partial charge in [-0.2, -0.15) is 0 Å². The van der Waals surface area contributed by atoms with Crippen molar-refractivity contribution in [1.82, 2.24) is 0 Å². The second kappa shape index (κ2) is 6.25. The number of amides is 1. The minimum atomic E-state index is -0.743. The number of rotatable bonds is 3. The van der Waals surface area contributed by atoms with Crippen LogP contribution in [0.3, 0.4) is 0 Å². The summed E-state index contributed by atoms with van der Waals surface area (Å²) >= 11 is 0. The highest BCUT2D eigenvalue weighted by Gasteiger charge is 2.71. The van der Waals surface area contributed by atoms with E-state index in [2.05, 4.69) is 5.32 Å². The molecular weight excluding hydrogens is 386 g/mol. The van der Waals surface area contributed by atoms with Crippen LogP contribution < -0.4 is 15.8 Å². The second-order valence-corrected chi connectivity index (χ2v) is 8.57. The van der Waals surface area contributed by atoms with Crippen LogP contribution >= 0.6 is 0 Å². The zero-order chi connectivity index (χ0) is 21.1. The van der Waals surface area contributed by atoms with Gasteiger partial charge < -0.3 is 29.7 Å². The first kappa shape index (κ1) is 19.0. The van der Waals surface area contributed by atoms with Gasteiger partial charge in [-0.3, -0.25) is 4.79 Å². The number of nitrogens with two attached hydrogens (primary N) is 1. The molecule has 158 valence electrons. The van der Waals surface area contributed by atoms with Gasteiger partial charge >= 0.3 is 0 Å². The maximum Gasteiger partial charge on any atom is 0.291 e. The Morgan fingerprint density at radius 2 is 2.00 bits per heavy atom. The molecule has 30 heavy (non-hydrogen) atoms. The van der Waals surface area contributed by atoms with E-state index in [0.29, 0.717) is 31.3 Å². The fraction of sp³-hybridized carbons (Fsp3) is 0.455. The van der Waals surface area contributed by atoms with Crippen LogP contribution in [0.5, 0.6) is 5.75 Å². The van der Waals surface area contributed by atoms with Crippen molar-refractivity contribution in [3.05, 3.63) is 47.4 Å². The number of aryl methyl sites for hydroxylation is 1. The Hall–Kier alpha value is -3.00. The maximum absolute atomic E-state index is 12.6. The fourth-order valence-electron chi connectivity index (χ4n) is 4.74. The number of fused-ring (bicyclic) bond motifs is 3. The van der Waals surface area contributed by atoms with Crippen molar-refractivity contribution in [3.8, 4) is 5.75 Å². The SMILES string of the molecule is CCc1ccc(C(=O)Nc2ccc3c(c2)C2(COC(N)=N2)C2(COC2)C(C)(C)O3)o1. The van der Waals surface area contributed by atoms with Crippen LogP contribution in [-0.2, 0) is 21.4 Å². The number of ether oxygens (including phenoxy) is 3. The van der Waals surface area contributed by atoms with Crippen molar-refractivity contribution in [2.75, 3.05) is 25.1 Å². The largest absolute Gasteiger partial charge is 0.487 e. The van der Waals surface area contributed by atoms with Crippen molar-refractivity contribution in [2.24, 2.45) is 16.1 Å². The summed E-state index contributed by atoms with van der Waals surface area (Å²) in [7, 11) is 0. The molecule has 0 saturated carbocycles. The molecule has 8 heteroatoms. The van der Waals surface area contributed by atoms with E-state index in [-0.39, 0.29) is 17.7 Å². The van der Waals surface area contributed by atoms with Crippen molar-refractivity contribution >= 4 is 17.6 Å². The van der Waals surface area contributed by atoms with Gasteiger partial charge in [0.1, 0.15) is 29.3 Å². The molecule has 3 N–H and O–H groups in total. The maximum atomic E-state index is 12.6. The number of anilines is 1. The van der Waals surface area contributed by atoms with Crippen molar-refractivity contribution < 1.29 is 23.4 Å². The van der Waals surface area contributed by atoms with Crippen molar-refractivity contribution in [3.63, 3.8) is 0 Å². The molecule has 0 bridgehead atoms. The van der Waals surface area contributed by atoms with Gasteiger partial charge in [0.05, 0.1) is 18.6 Å². The van der Waals surface area contributed by atoms with Gasteiger partial charge in [-0.15, -0.1) is 0 Å². The Morgan fingerprint density at radius 3 is 2.60 bits per heavy atom. The summed E-state index contributed by atoms with van der Waals surface area (Å²) in [5.74, 6) is 1.42. The zero-order valence-corrected chi connectivity index (χ0v) is 17.3. The number of carbonyl (C=O) groups excluding carboxylic acids is 1. The van der Waals surface area contributed by atoms with E-state index in [1.54, 1.807) is 12.1 Å². The summed E-state index contributed by atoms with van der Waals surface area (Å²) in [5.41, 5.74) is 5.71. The first-order chi connectivity index (χ1) is 14.3. The smallest absolute Gasteiger partial charge is 0.291 e. The predicted octanol–water partition coefficient (Wildman–Crippen LogP) is 2.82. The van der Waals surface area contributed by atoms with Crippen LogP contribution in [0.25, 0.3) is 0 Å². The molecule has 5 rings (SSSR count). The highest BCUT2D eigenvalue weighted by atomic mass is 16.5. The van der Waals surface area contributed by atoms with Gasteiger partial charge in [0, 0.05) is 17.7 Å². The van der Waals surface area contributed by atoms with E-state index in [9.17, 15) is 4.79 Å². The molecule has 1 saturated heterocycles. The number of aliphatic imine (C=N–C) groups is 1. The summed E-state index contributed by atoms with van der Waals surface area (Å²) in [5, 5.41) is 2.91. The molecule has 2 aromatic rings. The van der Waals surface area contributed by atoms with Gasteiger partial charge in [0.25, 0.3) is 11.9 Å². The first-order valence-corrected chi connectivity index (χ1v) is 10.1. The molecule has 4 heterocycles. The molecule has 3 aliphatic rings. The minimum absolute atomic E-state index is 0.155. The molecule has 2 spiro atoms. The molecule has 0 aliphatic carbocycles. The Labute approximate surface area is 174 Å². The summed E-state index contributed by atoms with van der Waals surface area (Å²) in [4.78, 5) is 17.4. The highest BCUT2D eigenvalue weighted by molar-refractivity contribution is 6.02. The molecule has 3 aliphatic heterocycles. The highest BCUT2D eigenvalue weighted by Crippen LogP contribution is 2.62. The lowest BCUT2D eigenvalue weighted by Crippen LogP contribution is -2.71. The average molecular weight is 411 g/mol. The molecular formula is C22H25N3O5. The molecule has 0 radical (unpaired) electrons. The topological polar surface area (TPSA) is 108 Å². The third kappa shape index (κ3) is 2.43. The number of furan rings is 1. The normalized spacial score (nSPS) is 25.1. The number of amidine groups is 1. The van der Waals surface area contributed by atoms with E-state index in [0.717, 1.165) is 17.7 Å². The number of hydrogen-bond donors (Lipinski definition) is 2. The molecule has 1 aromatic carbocycles. The lowest BCUT2D eigenvalue weighted by atomic mass is 9.55. The van der Waals surface area contributed by atoms with Crippen LogP contribution in [0.4, 0.5) is 5.69 Å². The molecule has 8 nitrogen and oxygen atoms in total. The monoisotopic (exact) mass is 411 g/mol. The third-order valence-corrected chi connectivity index (χ3v) is 6.65. The van der Waals surface area contributed by atoms with Crippen LogP contribution in [0, 0.1) is 5.41 Å². The lowest BCUT2D eigenvalue weighted by molar-refractivity contribution is -0.247. The van der Waals surface area contributed by atoms with E-state index >= 15 is 0 Å². The average Bonchev–Trinajstić information content (AvgIpc) is 3.28. The second-order valence-electron chi connectivity index (χ2n) is 8.57. The Morgan fingerprint density at radius 1 is 1.20 bits per heavy atom. The minimum Gasteiger partial charge on any atom is -0.487 e. The molecule has 1 aromatic heterocycles. The Balaban J connectivity index is 1.55. The Bertz CT molecular complexity index is 1050. The lowest BCUT2D eigenvalue weighted by Gasteiger charge is -2.61. The molecule has 1 unspecified atom stereocenters. The number of carbonyl (C=O) groups is 1. The van der Waals surface area contributed by atoms with Crippen LogP contribution in [0.2, 0.25) is 0 Å². The van der Waals surface area contributed by atoms with Crippen LogP contribution in [0.1, 0.15) is 42.6 Å². The van der Waals surface area contributed by atoms with Crippen LogP contribution in [-0.4, -0.2) is 37.4 Å². The number of nitrogens with zero attached hydrogens (tertiary/aromatic N) is 1. The quantitative estimate of drug-likeness (QED) is 0.804. The molecule has 1 amide bonds. The number of nitrogens with one attached hydrogen (secondary N) is 1. The van der Waals surface area contributed by atoms with Gasteiger partial charge in [0.2, 0.25) is 0 Å². The summed E-state index contributed by atoms with van der Waals surface area (Å²) in [6.07, 6.45) is 0.728. The van der Waals surface area contributed by atoms with E-state index in [1.807, 2.05) is 39.0 Å². The third-order valence-electron chi connectivity index (χ3n) is 6.65. The van der Waals surface area contributed by atoms with Crippen molar-refractivity contribution in [2.45, 2.75) is 38.3 Å². The van der Waals surface area contributed by atoms with E-state index < -0.39 is 16.6 Å². The van der Waals surface area contributed by atoms with Gasteiger partial charge in [-0.1, -0.05) is 6.92 Å². The predicted molar refractivity (Wildman–Crippen MR) is 110 cm³/mol. The zero-order valence-electron chi connectivity index (χ0n) is 17.3. The Kier molecular flexibility index (Phi) is 3.96. The van der Waals surface area contributed by atoms with Gasteiger partial charge in [-0.25, -0.2) is 4.99 Å². The fourth-order valence-corrected chi connectivity index (χ4v) is 4.74. The van der Waals surface area contributed by atoms with E-state index in [4.69, 9.17) is 29.4 Å². The molecule has 1 fully saturated rings. The van der Waals surface area contributed by atoms with Gasteiger partial charge in [-0.05, 0) is 44.2 Å². The summed E-state index contributed by atoms with van der Waals surface area (Å²) < 4.78 is 23.2. The molecule has 1 atom stereocenters. The van der Waals surface area contributed by atoms with Crippen molar-refractivity contribution in [1.29, 1.82) is 0 Å². The number of benzene rings is 1. The summed E-state index contributed by atoms with van der Waals surface area (Å²) in [6.45, 7) is 7.34. The van der Waals surface area contributed by atoms with Crippen LogP contribution in [0.15, 0.2) is 39.7 Å². The first-order valence-electron chi connectivity index (χ1n) is 10.1. The van der Waals surface area contributed by atoms with E-state index in [1.165, 1.54) is 0 Å². The summed E-state index contributed by atoms with van der Waals surface area (Å²) in [6, 6.07) is 9.18. The van der Waals surface area contributed by atoms with Gasteiger partial charge in [0.15, 0.2) is 5.76 Å². The number of hydrogen-bond acceptors (Lipinski definition) is 7.